The highest BCUT2D eigenvalue weighted by atomic mass is 16.5. The first-order chi connectivity index (χ1) is 15.0. The largest absolute Gasteiger partial charge is 0.481 e. The van der Waals surface area contributed by atoms with Crippen molar-refractivity contribution in [2.24, 2.45) is 0 Å². The van der Waals surface area contributed by atoms with Gasteiger partial charge in [0.15, 0.2) is 13.2 Å². The summed E-state index contributed by atoms with van der Waals surface area (Å²) in [5.74, 6) is 0.414. The van der Waals surface area contributed by atoms with Crippen molar-refractivity contribution in [1.82, 2.24) is 10.2 Å². The van der Waals surface area contributed by atoms with Crippen LogP contribution in [0.25, 0.3) is 0 Å². The van der Waals surface area contributed by atoms with E-state index in [2.05, 4.69) is 28.4 Å². The zero-order valence-electron chi connectivity index (χ0n) is 17.5. The van der Waals surface area contributed by atoms with Crippen molar-refractivity contribution in [3.05, 3.63) is 53.6 Å². The number of β-amino-alcohol motifs (C(OH)–C–C–N with tert-alkyl or cyclic N) is 1. The molecule has 0 aromatic heterocycles. The summed E-state index contributed by atoms with van der Waals surface area (Å²) in [5.41, 5.74) is 3.16. The molecule has 0 radical (unpaired) electrons. The molecule has 2 heterocycles. The van der Waals surface area contributed by atoms with E-state index in [0.717, 1.165) is 19.5 Å². The van der Waals surface area contributed by atoms with Crippen LogP contribution in [-0.4, -0.2) is 67.8 Å². The number of nitrogens with one attached hydrogen (secondary N) is 1. The molecule has 0 aliphatic carbocycles. The number of hydrogen-bond donors (Lipinski definition) is 2. The minimum Gasteiger partial charge on any atom is -0.481 e. The van der Waals surface area contributed by atoms with E-state index in [9.17, 15) is 14.7 Å². The summed E-state index contributed by atoms with van der Waals surface area (Å²) in [6.07, 6.45) is 0.293. The summed E-state index contributed by atoms with van der Waals surface area (Å²) in [6.45, 7) is 2.09. The van der Waals surface area contributed by atoms with E-state index in [-0.39, 0.29) is 31.6 Å². The van der Waals surface area contributed by atoms with E-state index in [1.54, 1.807) is 25.2 Å². The van der Waals surface area contributed by atoms with Crippen LogP contribution in [-0.2, 0) is 22.6 Å². The van der Waals surface area contributed by atoms with Crippen LogP contribution in [0.4, 0.5) is 5.69 Å². The number of aliphatic hydroxyl groups is 1. The lowest BCUT2D eigenvalue weighted by Crippen LogP contribution is -2.43. The lowest BCUT2D eigenvalue weighted by Gasteiger charge is -2.30. The Hall–Kier alpha value is -3.10. The van der Waals surface area contributed by atoms with Crippen molar-refractivity contribution in [2.45, 2.75) is 19.1 Å². The van der Waals surface area contributed by atoms with E-state index < -0.39 is 6.10 Å². The van der Waals surface area contributed by atoms with Crippen molar-refractivity contribution < 1.29 is 24.2 Å². The normalized spacial score (nSPS) is 16.7. The van der Waals surface area contributed by atoms with Gasteiger partial charge in [-0.3, -0.25) is 14.5 Å². The number of para-hydroxylation sites is 1. The molecular formula is C23H27N3O5. The van der Waals surface area contributed by atoms with Gasteiger partial charge in [-0.15, -0.1) is 0 Å². The first kappa shape index (κ1) is 21.1. The van der Waals surface area contributed by atoms with Gasteiger partial charge in [-0.25, -0.2) is 0 Å². The number of likely N-dealkylation sites (N-methyl/N-ethyl adjacent to an activating group) is 1. The number of nitrogens with zero attached hydrogens (tertiary/aromatic N) is 2. The molecule has 4 rings (SSSR count). The molecule has 2 aromatic carbocycles. The Bertz CT molecular complexity index is 964. The molecule has 2 N–H and O–H groups in total. The minimum absolute atomic E-state index is 0.0199. The van der Waals surface area contributed by atoms with Gasteiger partial charge >= 0.3 is 0 Å². The first-order valence-corrected chi connectivity index (χ1v) is 10.4. The molecule has 0 fully saturated rings. The number of amides is 2. The van der Waals surface area contributed by atoms with E-state index >= 15 is 0 Å². The smallest absolute Gasteiger partial charge is 0.264 e. The molecule has 8 nitrogen and oxygen atoms in total. The fourth-order valence-electron chi connectivity index (χ4n) is 3.93. The van der Waals surface area contributed by atoms with Crippen molar-refractivity contribution >= 4 is 17.5 Å². The number of hydrogen-bond acceptors (Lipinski definition) is 6. The van der Waals surface area contributed by atoms with Gasteiger partial charge in [0.05, 0.1) is 6.10 Å². The number of aliphatic hydroxyl groups excluding tert-OH is 1. The predicted molar refractivity (Wildman–Crippen MR) is 115 cm³/mol. The quantitative estimate of drug-likeness (QED) is 0.687. The minimum atomic E-state index is -0.671. The number of anilines is 1. The zero-order chi connectivity index (χ0) is 21.8. The third-order valence-electron chi connectivity index (χ3n) is 5.59. The Morgan fingerprint density at radius 1 is 1.23 bits per heavy atom. The van der Waals surface area contributed by atoms with Gasteiger partial charge in [0, 0.05) is 33.2 Å². The van der Waals surface area contributed by atoms with E-state index in [4.69, 9.17) is 9.47 Å². The number of carbonyl (C=O) groups is 2. The van der Waals surface area contributed by atoms with Crippen LogP contribution < -0.4 is 19.7 Å². The summed E-state index contributed by atoms with van der Waals surface area (Å²) in [5, 5.41) is 13.1. The third-order valence-corrected chi connectivity index (χ3v) is 5.59. The van der Waals surface area contributed by atoms with Crippen LogP contribution in [0.5, 0.6) is 11.5 Å². The van der Waals surface area contributed by atoms with Gasteiger partial charge in [-0.1, -0.05) is 30.3 Å². The van der Waals surface area contributed by atoms with E-state index in [1.165, 1.54) is 16.0 Å². The third kappa shape index (κ3) is 4.98. The summed E-state index contributed by atoms with van der Waals surface area (Å²) < 4.78 is 11.0. The molecule has 8 heteroatoms. The number of carbonyl (C=O) groups excluding carboxylic acids is 2. The maximum absolute atomic E-state index is 12.2. The molecule has 2 aliphatic heterocycles. The Morgan fingerprint density at radius 3 is 2.87 bits per heavy atom. The van der Waals surface area contributed by atoms with Crippen LogP contribution in [0, 0.1) is 0 Å². The van der Waals surface area contributed by atoms with Gasteiger partial charge in [0.2, 0.25) is 0 Å². The van der Waals surface area contributed by atoms with Crippen LogP contribution in [0.15, 0.2) is 42.5 Å². The average molecular weight is 425 g/mol. The van der Waals surface area contributed by atoms with E-state index in [1.807, 2.05) is 6.07 Å². The zero-order valence-corrected chi connectivity index (χ0v) is 17.5. The molecule has 0 bridgehead atoms. The average Bonchev–Trinajstić information content (AvgIpc) is 2.78. The molecule has 0 saturated heterocycles. The fraction of sp³-hybridized carbons (Fsp3) is 0.391. The van der Waals surface area contributed by atoms with Crippen molar-refractivity contribution in [1.29, 1.82) is 0 Å². The molecule has 2 amide bonds. The molecule has 31 heavy (non-hydrogen) atoms. The monoisotopic (exact) mass is 425 g/mol. The molecular weight excluding hydrogens is 398 g/mol. The first-order valence-electron chi connectivity index (χ1n) is 10.4. The van der Waals surface area contributed by atoms with Crippen molar-refractivity contribution in [2.75, 3.05) is 44.8 Å². The topological polar surface area (TPSA) is 91.3 Å². The van der Waals surface area contributed by atoms with Gasteiger partial charge in [0.25, 0.3) is 11.8 Å². The predicted octanol–water partition coefficient (Wildman–Crippen LogP) is 0.956. The van der Waals surface area contributed by atoms with Crippen LogP contribution in [0.1, 0.15) is 11.1 Å². The standard InChI is InChI=1S/C23H27N3O5/c1-25-22(29)15-31-20-8-4-7-19(23(20)25)30-14-21(28)24-11-18(27)13-26-10-9-16-5-2-3-6-17(16)12-26/h2-8,18,27H,9-15H2,1H3,(H,24,28). The van der Waals surface area contributed by atoms with Crippen LogP contribution in [0.2, 0.25) is 0 Å². The highest BCUT2D eigenvalue weighted by molar-refractivity contribution is 5.99. The summed E-state index contributed by atoms with van der Waals surface area (Å²) in [4.78, 5) is 27.8. The fourth-order valence-corrected chi connectivity index (χ4v) is 3.93. The second-order valence-electron chi connectivity index (χ2n) is 7.84. The number of fused-ring (bicyclic) bond motifs is 2. The Balaban J connectivity index is 1.24. The second-order valence-corrected chi connectivity index (χ2v) is 7.84. The van der Waals surface area contributed by atoms with Gasteiger partial charge in [0.1, 0.15) is 17.2 Å². The molecule has 0 saturated carbocycles. The molecule has 2 aliphatic rings. The molecule has 1 unspecified atom stereocenters. The summed E-state index contributed by atoms with van der Waals surface area (Å²) in [7, 11) is 1.64. The SMILES string of the molecule is CN1C(=O)COc2cccc(OCC(=O)NCC(O)CN3CCc4ccccc4C3)c21. The highest BCUT2D eigenvalue weighted by Crippen LogP contribution is 2.39. The number of ether oxygens (including phenoxy) is 2. The summed E-state index contributed by atoms with van der Waals surface area (Å²) in [6, 6.07) is 13.5. The molecule has 1 atom stereocenters. The maximum Gasteiger partial charge on any atom is 0.264 e. The number of rotatable bonds is 7. The lowest BCUT2D eigenvalue weighted by molar-refractivity contribution is -0.123. The second kappa shape index (κ2) is 9.36. The van der Waals surface area contributed by atoms with Crippen LogP contribution in [0.3, 0.4) is 0 Å². The molecule has 2 aromatic rings. The maximum atomic E-state index is 12.2. The summed E-state index contributed by atoms with van der Waals surface area (Å²) >= 11 is 0. The highest BCUT2D eigenvalue weighted by Gasteiger charge is 2.26. The Morgan fingerprint density at radius 2 is 2.03 bits per heavy atom. The lowest BCUT2D eigenvalue weighted by atomic mass is 10.00. The Labute approximate surface area is 181 Å². The number of benzene rings is 2. The van der Waals surface area contributed by atoms with Gasteiger partial charge in [-0.05, 0) is 29.7 Å². The van der Waals surface area contributed by atoms with Gasteiger partial charge in [-0.2, -0.15) is 0 Å². The van der Waals surface area contributed by atoms with Crippen molar-refractivity contribution in [3.63, 3.8) is 0 Å². The van der Waals surface area contributed by atoms with Gasteiger partial charge < -0.3 is 24.8 Å². The molecule has 0 spiro atoms. The van der Waals surface area contributed by atoms with Crippen molar-refractivity contribution in [3.8, 4) is 11.5 Å². The van der Waals surface area contributed by atoms with E-state index in [0.29, 0.717) is 23.7 Å². The Kier molecular flexibility index (Phi) is 6.39. The van der Waals surface area contributed by atoms with Crippen LogP contribution >= 0.6 is 0 Å². The molecule has 164 valence electrons.